The van der Waals surface area contributed by atoms with Crippen LogP contribution in [0.25, 0.3) is 10.9 Å². The van der Waals surface area contributed by atoms with Crippen LogP contribution in [0.1, 0.15) is 22.5 Å². The standard InChI is InChI=1S/C24H23F2N3.ClH/c1-16-17(2)29(14-18-5-4-6-20(26)13-18)24-22(16)11-12-27-23(24)15-28(3)21-9-7-19(25)8-10-21;/h4-13H,14-15H2,1-3H3;1H. The third kappa shape index (κ3) is 4.17. The molecule has 0 N–H and O–H groups in total. The Morgan fingerprint density at radius 1 is 0.967 bits per heavy atom. The minimum Gasteiger partial charge on any atom is -0.369 e. The number of aromatic nitrogens is 2. The van der Waals surface area contributed by atoms with E-state index >= 15 is 0 Å². The molecule has 30 heavy (non-hydrogen) atoms. The molecule has 156 valence electrons. The molecule has 0 amide bonds. The van der Waals surface area contributed by atoms with Gasteiger partial charge < -0.3 is 9.47 Å². The zero-order valence-electron chi connectivity index (χ0n) is 17.2. The lowest BCUT2D eigenvalue weighted by atomic mass is 10.1. The summed E-state index contributed by atoms with van der Waals surface area (Å²) in [6, 6.07) is 15.2. The maximum atomic E-state index is 13.7. The number of rotatable bonds is 5. The summed E-state index contributed by atoms with van der Waals surface area (Å²) in [5.74, 6) is -0.486. The quantitative estimate of drug-likeness (QED) is 0.387. The number of anilines is 1. The summed E-state index contributed by atoms with van der Waals surface area (Å²) in [7, 11) is 1.97. The van der Waals surface area contributed by atoms with Crippen LogP contribution in [0.5, 0.6) is 0 Å². The second-order valence-electron chi connectivity index (χ2n) is 7.41. The maximum Gasteiger partial charge on any atom is 0.123 e. The molecule has 4 aromatic rings. The van der Waals surface area contributed by atoms with Crippen molar-refractivity contribution in [1.82, 2.24) is 9.55 Å². The molecule has 0 bridgehead atoms. The van der Waals surface area contributed by atoms with Gasteiger partial charge >= 0.3 is 0 Å². The highest BCUT2D eigenvalue weighted by atomic mass is 35.5. The number of halogens is 3. The van der Waals surface area contributed by atoms with E-state index < -0.39 is 0 Å². The van der Waals surface area contributed by atoms with E-state index in [0.29, 0.717) is 13.1 Å². The van der Waals surface area contributed by atoms with Crippen molar-refractivity contribution in [2.75, 3.05) is 11.9 Å². The van der Waals surface area contributed by atoms with Gasteiger partial charge in [-0.1, -0.05) is 12.1 Å². The summed E-state index contributed by atoms with van der Waals surface area (Å²) >= 11 is 0. The average molecular weight is 428 g/mol. The Labute approximate surface area is 181 Å². The molecule has 6 heteroatoms. The van der Waals surface area contributed by atoms with Gasteiger partial charge in [-0.25, -0.2) is 8.78 Å². The van der Waals surface area contributed by atoms with Gasteiger partial charge in [0.2, 0.25) is 0 Å². The lowest BCUT2D eigenvalue weighted by molar-refractivity contribution is 0.623. The highest BCUT2D eigenvalue weighted by Crippen LogP contribution is 2.29. The fourth-order valence-electron chi connectivity index (χ4n) is 3.81. The average Bonchev–Trinajstić information content (AvgIpc) is 2.94. The first-order chi connectivity index (χ1) is 13.9. The Morgan fingerprint density at radius 3 is 2.40 bits per heavy atom. The van der Waals surface area contributed by atoms with Crippen LogP contribution in [0, 0.1) is 25.5 Å². The number of fused-ring (bicyclic) bond motifs is 1. The maximum absolute atomic E-state index is 13.7. The molecular formula is C24H24ClF2N3. The summed E-state index contributed by atoms with van der Waals surface area (Å²) in [4.78, 5) is 6.70. The summed E-state index contributed by atoms with van der Waals surface area (Å²) in [5.41, 5.74) is 6.16. The summed E-state index contributed by atoms with van der Waals surface area (Å²) in [5, 5.41) is 1.15. The SMILES string of the molecule is Cc1c(C)n(Cc2cccc(F)c2)c2c(CN(C)c3ccc(F)cc3)nccc12.Cl. The van der Waals surface area contributed by atoms with E-state index in [1.807, 2.05) is 30.3 Å². The molecular weight excluding hydrogens is 404 g/mol. The molecule has 0 saturated carbocycles. The summed E-state index contributed by atoms with van der Waals surface area (Å²) < 4.78 is 29.2. The van der Waals surface area contributed by atoms with Gasteiger partial charge in [-0.3, -0.25) is 4.98 Å². The van der Waals surface area contributed by atoms with Gasteiger partial charge in [0.05, 0.1) is 17.8 Å². The predicted molar refractivity (Wildman–Crippen MR) is 120 cm³/mol. The van der Waals surface area contributed by atoms with Crippen LogP contribution in [-0.4, -0.2) is 16.6 Å². The molecule has 4 rings (SSSR count). The normalized spacial score (nSPS) is 10.8. The zero-order valence-corrected chi connectivity index (χ0v) is 18.0. The van der Waals surface area contributed by atoms with Gasteiger partial charge in [-0.2, -0.15) is 0 Å². The largest absolute Gasteiger partial charge is 0.369 e. The van der Waals surface area contributed by atoms with Crippen LogP contribution in [0.3, 0.4) is 0 Å². The molecule has 0 radical (unpaired) electrons. The number of hydrogen-bond acceptors (Lipinski definition) is 2. The van der Waals surface area contributed by atoms with Gasteiger partial charge in [0, 0.05) is 36.6 Å². The summed E-state index contributed by atoms with van der Waals surface area (Å²) in [6.45, 7) is 5.34. The van der Waals surface area contributed by atoms with Gasteiger partial charge in [0.1, 0.15) is 11.6 Å². The van der Waals surface area contributed by atoms with Crippen LogP contribution in [-0.2, 0) is 13.1 Å². The highest BCUT2D eigenvalue weighted by Gasteiger charge is 2.17. The van der Waals surface area contributed by atoms with E-state index in [2.05, 4.69) is 23.4 Å². The molecule has 0 spiro atoms. The van der Waals surface area contributed by atoms with Crippen molar-refractivity contribution in [1.29, 1.82) is 0 Å². The van der Waals surface area contributed by atoms with Crippen molar-refractivity contribution in [2.24, 2.45) is 0 Å². The third-order valence-electron chi connectivity index (χ3n) is 5.51. The Hall–Kier alpha value is -2.92. The number of pyridine rings is 1. The van der Waals surface area contributed by atoms with Crippen LogP contribution >= 0.6 is 12.4 Å². The molecule has 2 aromatic carbocycles. The van der Waals surface area contributed by atoms with Crippen LogP contribution in [0.2, 0.25) is 0 Å². The van der Waals surface area contributed by atoms with E-state index in [0.717, 1.165) is 33.5 Å². The number of benzene rings is 2. The van der Waals surface area contributed by atoms with Gasteiger partial charge in [0.25, 0.3) is 0 Å². The predicted octanol–water partition coefficient (Wildman–Crippen LogP) is 6.04. The van der Waals surface area contributed by atoms with Crippen LogP contribution < -0.4 is 4.90 Å². The fraction of sp³-hybridized carbons (Fsp3) is 0.208. The van der Waals surface area contributed by atoms with Crippen molar-refractivity contribution in [2.45, 2.75) is 26.9 Å². The number of hydrogen-bond donors (Lipinski definition) is 0. The lowest BCUT2D eigenvalue weighted by Crippen LogP contribution is -2.18. The van der Waals surface area contributed by atoms with Crippen molar-refractivity contribution in [3.05, 3.63) is 94.9 Å². The minimum absolute atomic E-state index is 0. The molecule has 0 unspecified atom stereocenters. The Morgan fingerprint density at radius 2 is 1.70 bits per heavy atom. The van der Waals surface area contributed by atoms with E-state index in [9.17, 15) is 8.78 Å². The van der Waals surface area contributed by atoms with Gasteiger partial charge in [0.15, 0.2) is 0 Å². The molecule has 0 atom stereocenters. The van der Waals surface area contributed by atoms with E-state index in [4.69, 9.17) is 0 Å². The monoisotopic (exact) mass is 427 g/mol. The van der Waals surface area contributed by atoms with Crippen molar-refractivity contribution in [3.8, 4) is 0 Å². The molecule has 0 aliphatic rings. The molecule has 0 fully saturated rings. The third-order valence-corrected chi connectivity index (χ3v) is 5.51. The molecule has 3 nitrogen and oxygen atoms in total. The molecule has 2 aromatic heterocycles. The zero-order chi connectivity index (χ0) is 20.5. The van der Waals surface area contributed by atoms with Crippen LogP contribution in [0.15, 0.2) is 60.8 Å². The Balaban J connectivity index is 0.00000256. The molecule has 0 aliphatic heterocycles. The summed E-state index contributed by atoms with van der Waals surface area (Å²) in [6.07, 6.45) is 1.83. The smallest absolute Gasteiger partial charge is 0.123 e. The number of aryl methyl sites for hydroxylation is 1. The fourth-order valence-corrected chi connectivity index (χ4v) is 3.81. The van der Waals surface area contributed by atoms with Gasteiger partial charge in [-0.15, -0.1) is 12.4 Å². The first-order valence-electron chi connectivity index (χ1n) is 9.58. The first kappa shape index (κ1) is 21.8. The first-order valence-corrected chi connectivity index (χ1v) is 9.58. The minimum atomic E-state index is -0.252. The van der Waals surface area contributed by atoms with Crippen molar-refractivity contribution < 1.29 is 8.78 Å². The Bertz CT molecular complexity index is 1170. The Kier molecular flexibility index (Phi) is 6.42. The number of nitrogens with zero attached hydrogens (tertiary/aromatic N) is 3. The lowest BCUT2D eigenvalue weighted by Gasteiger charge is -2.20. The van der Waals surface area contributed by atoms with E-state index in [-0.39, 0.29) is 24.0 Å². The second-order valence-corrected chi connectivity index (χ2v) is 7.41. The molecule has 2 heterocycles. The molecule has 0 saturated heterocycles. The van der Waals surface area contributed by atoms with Crippen molar-refractivity contribution >= 4 is 29.0 Å². The second kappa shape index (κ2) is 8.84. The van der Waals surface area contributed by atoms with Crippen LogP contribution in [0.4, 0.5) is 14.5 Å². The van der Waals surface area contributed by atoms with Crippen molar-refractivity contribution in [3.63, 3.8) is 0 Å². The molecule has 0 aliphatic carbocycles. The van der Waals surface area contributed by atoms with E-state index in [1.54, 1.807) is 24.3 Å². The van der Waals surface area contributed by atoms with E-state index in [1.165, 1.54) is 23.8 Å². The highest BCUT2D eigenvalue weighted by molar-refractivity contribution is 5.87. The van der Waals surface area contributed by atoms with Gasteiger partial charge in [-0.05, 0) is 67.4 Å². The topological polar surface area (TPSA) is 21.1 Å².